The number of hydrogen-bond donors (Lipinski definition) is 2. The van der Waals surface area contributed by atoms with E-state index in [1.165, 1.54) is 12.1 Å². The van der Waals surface area contributed by atoms with Crippen LogP contribution in [0.3, 0.4) is 0 Å². The molecule has 4 nitrogen and oxygen atoms in total. The van der Waals surface area contributed by atoms with Crippen LogP contribution in [0, 0.1) is 11.7 Å². The second-order valence-electron chi connectivity index (χ2n) is 5.93. The normalized spacial score (nSPS) is 18.9. The fourth-order valence-electron chi connectivity index (χ4n) is 2.52. The molecule has 2 aliphatic rings. The van der Waals surface area contributed by atoms with E-state index in [-0.39, 0.29) is 30.1 Å². The summed E-state index contributed by atoms with van der Waals surface area (Å²) in [5.74, 6) is -0.562. The van der Waals surface area contributed by atoms with E-state index < -0.39 is 0 Å². The van der Waals surface area contributed by atoms with E-state index in [0.717, 1.165) is 31.2 Å². The molecule has 2 amide bonds. The maximum atomic E-state index is 13.0. The van der Waals surface area contributed by atoms with Crippen LogP contribution in [0.25, 0.3) is 0 Å². The first kappa shape index (κ1) is 14.0. The molecule has 0 saturated heterocycles. The third-order valence-electron chi connectivity index (χ3n) is 3.97. The Morgan fingerprint density at radius 2 is 1.81 bits per heavy atom. The van der Waals surface area contributed by atoms with Crippen LogP contribution in [0.1, 0.15) is 37.2 Å². The summed E-state index contributed by atoms with van der Waals surface area (Å²) in [5, 5.41) is 5.54. The van der Waals surface area contributed by atoms with E-state index in [0.29, 0.717) is 12.0 Å². The molecule has 0 bridgehead atoms. The molecule has 1 aromatic carbocycles. The molecule has 1 unspecified atom stereocenters. The zero-order chi connectivity index (χ0) is 14.8. The molecular formula is C16H19FN2O2. The predicted molar refractivity (Wildman–Crippen MR) is 76.0 cm³/mol. The summed E-state index contributed by atoms with van der Waals surface area (Å²) < 4.78 is 13.0. The van der Waals surface area contributed by atoms with Gasteiger partial charge in [0.2, 0.25) is 11.8 Å². The molecule has 2 saturated carbocycles. The average Bonchev–Trinajstić information content (AvgIpc) is 3.33. The molecule has 1 atom stereocenters. The van der Waals surface area contributed by atoms with Gasteiger partial charge >= 0.3 is 0 Å². The number of hydrogen-bond acceptors (Lipinski definition) is 2. The summed E-state index contributed by atoms with van der Waals surface area (Å²) in [6.45, 7) is 0.0136. The van der Waals surface area contributed by atoms with Gasteiger partial charge in [0.25, 0.3) is 0 Å². The number of carbonyl (C=O) groups is 2. The summed E-state index contributed by atoms with van der Waals surface area (Å²) in [7, 11) is 0. The SMILES string of the molecule is O=C(CNC(=O)C(c1ccc(F)cc1)C1CC1)NC1CC1. The molecule has 21 heavy (non-hydrogen) atoms. The minimum atomic E-state index is -0.308. The van der Waals surface area contributed by atoms with Crippen molar-refractivity contribution in [2.45, 2.75) is 37.6 Å². The van der Waals surface area contributed by atoms with Crippen molar-refractivity contribution in [3.05, 3.63) is 35.6 Å². The highest BCUT2D eigenvalue weighted by Crippen LogP contribution is 2.42. The minimum Gasteiger partial charge on any atom is -0.352 e. The standard InChI is InChI=1S/C16H19FN2O2/c17-12-5-3-11(4-6-12)15(10-1-2-10)16(21)18-9-14(20)19-13-7-8-13/h3-6,10,13,15H,1-2,7-9H2,(H,18,21)(H,19,20). The molecular weight excluding hydrogens is 271 g/mol. The van der Waals surface area contributed by atoms with E-state index in [2.05, 4.69) is 10.6 Å². The molecule has 0 aliphatic heterocycles. The highest BCUT2D eigenvalue weighted by atomic mass is 19.1. The lowest BCUT2D eigenvalue weighted by Gasteiger charge is -2.16. The number of carbonyl (C=O) groups excluding carboxylic acids is 2. The van der Waals surface area contributed by atoms with Crippen molar-refractivity contribution < 1.29 is 14.0 Å². The Labute approximate surface area is 123 Å². The molecule has 2 fully saturated rings. The fourth-order valence-corrected chi connectivity index (χ4v) is 2.52. The smallest absolute Gasteiger partial charge is 0.239 e. The van der Waals surface area contributed by atoms with Crippen LogP contribution in [-0.2, 0) is 9.59 Å². The molecule has 5 heteroatoms. The molecule has 112 valence electrons. The highest BCUT2D eigenvalue weighted by Gasteiger charge is 2.37. The first-order valence-corrected chi connectivity index (χ1v) is 7.46. The summed E-state index contributed by atoms with van der Waals surface area (Å²) >= 11 is 0. The molecule has 0 spiro atoms. The second-order valence-corrected chi connectivity index (χ2v) is 5.93. The molecule has 0 radical (unpaired) electrons. The van der Waals surface area contributed by atoms with E-state index in [1.807, 2.05) is 0 Å². The van der Waals surface area contributed by atoms with Gasteiger partial charge in [0.1, 0.15) is 5.82 Å². The van der Waals surface area contributed by atoms with Gasteiger partial charge in [0.15, 0.2) is 0 Å². The zero-order valence-corrected chi connectivity index (χ0v) is 11.8. The van der Waals surface area contributed by atoms with E-state index in [4.69, 9.17) is 0 Å². The largest absolute Gasteiger partial charge is 0.352 e. The van der Waals surface area contributed by atoms with Crippen molar-refractivity contribution >= 4 is 11.8 Å². The molecule has 2 N–H and O–H groups in total. The van der Waals surface area contributed by atoms with Crippen molar-refractivity contribution in [2.75, 3.05) is 6.54 Å². The van der Waals surface area contributed by atoms with Gasteiger partial charge in [-0.3, -0.25) is 9.59 Å². The minimum absolute atomic E-state index is 0.0136. The number of nitrogens with one attached hydrogen (secondary N) is 2. The van der Waals surface area contributed by atoms with Crippen LogP contribution in [0.2, 0.25) is 0 Å². The van der Waals surface area contributed by atoms with Gasteiger partial charge in [-0.15, -0.1) is 0 Å². The van der Waals surface area contributed by atoms with Crippen LogP contribution in [0.4, 0.5) is 4.39 Å². The monoisotopic (exact) mass is 290 g/mol. The number of rotatable bonds is 6. The first-order valence-electron chi connectivity index (χ1n) is 7.46. The Balaban J connectivity index is 1.59. The van der Waals surface area contributed by atoms with E-state index >= 15 is 0 Å². The van der Waals surface area contributed by atoms with Crippen LogP contribution >= 0.6 is 0 Å². The van der Waals surface area contributed by atoms with Crippen LogP contribution in [0.15, 0.2) is 24.3 Å². The highest BCUT2D eigenvalue weighted by molar-refractivity contribution is 5.89. The van der Waals surface area contributed by atoms with Gasteiger partial charge < -0.3 is 10.6 Å². The summed E-state index contributed by atoms with van der Waals surface area (Å²) in [6, 6.07) is 6.35. The summed E-state index contributed by atoms with van der Waals surface area (Å²) in [5.41, 5.74) is 0.819. The summed E-state index contributed by atoms with van der Waals surface area (Å²) in [4.78, 5) is 23.9. The zero-order valence-electron chi connectivity index (χ0n) is 11.8. The summed E-state index contributed by atoms with van der Waals surface area (Å²) in [6.07, 6.45) is 4.06. The lowest BCUT2D eigenvalue weighted by Crippen LogP contribution is -2.40. The molecule has 3 rings (SSSR count). The van der Waals surface area contributed by atoms with Crippen molar-refractivity contribution in [3.63, 3.8) is 0 Å². The Morgan fingerprint density at radius 3 is 2.38 bits per heavy atom. The van der Waals surface area contributed by atoms with Crippen molar-refractivity contribution in [3.8, 4) is 0 Å². The van der Waals surface area contributed by atoms with Gasteiger partial charge in [0, 0.05) is 6.04 Å². The Bertz CT molecular complexity index is 536. The predicted octanol–water partition coefficient (Wildman–Crippen LogP) is 1.71. The third kappa shape index (κ3) is 3.80. The van der Waals surface area contributed by atoms with E-state index in [9.17, 15) is 14.0 Å². The van der Waals surface area contributed by atoms with Gasteiger partial charge in [-0.2, -0.15) is 0 Å². The Morgan fingerprint density at radius 1 is 1.14 bits per heavy atom. The van der Waals surface area contributed by atoms with Gasteiger partial charge in [-0.1, -0.05) is 12.1 Å². The van der Waals surface area contributed by atoms with Gasteiger partial charge in [-0.25, -0.2) is 4.39 Å². The first-order chi connectivity index (χ1) is 10.1. The van der Waals surface area contributed by atoms with Crippen molar-refractivity contribution in [1.29, 1.82) is 0 Å². The quantitative estimate of drug-likeness (QED) is 0.838. The van der Waals surface area contributed by atoms with Crippen LogP contribution in [-0.4, -0.2) is 24.4 Å². The van der Waals surface area contributed by atoms with Gasteiger partial charge in [0.05, 0.1) is 12.5 Å². The van der Waals surface area contributed by atoms with Crippen LogP contribution < -0.4 is 10.6 Å². The van der Waals surface area contributed by atoms with E-state index in [1.54, 1.807) is 12.1 Å². The van der Waals surface area contributed by atoms with Crippen molar-refractivity contribution in [1.82, 2.24) is 10.6 Å². The topological polar surface area (TPSA) is 58.2 Å². The lowest BCUT2D eigenvalue weighted by atomic mass is 9.93. The Hall–Kier alpha value is -1.91. The maximum Gasteiger partial charge on any atom is 0.239 e. The van der Waals surface area contributed by atoms with Crippen molar-refractivity contribution in [2.24, 2.45) is 5.92 Å². The van der Waals surface area contributed by atoms with Crippen LogP contribution in [0.5, 0.6) is 0 Å². The number of halogens is 1. The second kappa shape index (κ2) is 5.84. The Kier molecular flexibility index (Phi) is 3.90. The molecule has 0 aromatic heterocycles. The number of amides is 2. The fraction of sp³-hybridized carbons (Fsp3) is 0.500. The molecule has 2 aliphatic carbocycles. The maximum absolute atomic E-state index is 13.0. The number of benzene rings is 1. The average molecular weight is 290 g/mol. The third-order valence-corrected chi connectivity index (χ3v) is 3.97. The molecule has 0 heterocycles. The lowest BCUT2D eigenvalue weighted by molar-refractivity contribution is -0.127. The van der Waals surface area contributed by atoms with Gasteiger partial charge in [-0.05, 0) is 49.3 Å². The molecule has 1 aromatic rings.